The number of fused-ring (bicyclic) bond motifs is 4. The second-order valence-corrected chi connectivity index (χ2v) is 19.0. The molecule has 2 aliphatic heterocycles. The van der Waals surface area contributed by atoms with Gasteiger partial charge in [0.2, 0.25) is 5.91 Å². The van der Waals surface area contributed by atoms with Crippen molar-refractivity contribution in [2.45, 2.75) is 100 Å². The topological polar surface area (TPSA) is 249 Å². The van der Waals surface area contributed by atoms with E-state index in [9.17, 15) is 45.3 Å². The SMILES string of the molecule is Cc1cc(=O)c2cc3c(c(-n4cc5cc[nH]c5c4)c2o1)OC1(CC=CC(C2CNC(=O)C24CCCCC4)C1)C(OOCC(O)(Cc1ccc(O)c2ccc(O)cc12)C(O)C(O)C(O)CO)C3. The molecule has 9 N–H and O–H groups in total. The number of aromatic hydroxyl groups is 2. The van der Waals surface area contributed by atoms with Crippen molar-refractivity contribution < 1.29 is 59.5 Å². The number of carbonyl (C=O) groups excluding carboxylic acids is 1. The monoisotopic (exact) mass is 905 g/mol. The van der Waals surface area contributed by atoms with Gasteiger partial charge in [0.25, 0.3) is 0 Å². The number of amides is 1. The highest BCUT2D eigenvalue weighted by molar-refractivity contribution is 5.93. The lowest BCUT2D eigenvalue weighted by molar-refractivity contribution is -0.373. The molecule has 4 aliphatic rings. The summed E-state index contributed by atoms with van der Waals surface area (Å²) >= 11 is 0. The van der Waals surface area contributed by atoms with Crippen molar-refractivity contribution >= 4 is 38.6 Å². The Bertz CT molecular complexity index is 2890. The number of hydrogen-bond donors (Lipinski definition) is 9. The number of rotatable bonds is 12. The Morgan fingerprint density at radius 1 is 0.985 bits per heavy atom. The molecule has 1 saturated carbocycles. The summed E-state index contributed by atoms with van der Waals surface area (Å²) in [6, 6.07) is 12.3. The van der Waals surface area contributed by atoms with Crippen LogP contribution in [0, 0.1) is 24.2 Å². The van der Waals surface area contributed by atoms with Gasteiger partial charge in [0.05, 0.1) is 22.9 Å². The van der Waals surface area contributed by atoms with Crippen molar-refractivity contribution in [2.75, 3.05) is 19.8 Å². The Morgan fingerprint density at radius 3 is 2.59 bits per heavy atom. The first-order valence-corrected chi connectivity index (χ1v) is 22.7. The quantitative estimate of drug-likeness (QED) is 0.0462. The zero-order valence-corrected chi connectivity index (χ0v) is 36.5. The van der Waals surface area contributed by atoms with Crippen LogP contribution >= 0.6 is 0 Å². The van der Waals surface area contributed by atoms with E-state index in [1.54, 1.807) is 13.0 Å². The fourth-order valence-corrected chi connectivity index (χ4v) is 11.4. The maximum atomic E-state index is 13.7. The number of aromatic amines is 1. The normalized spacial score (nSPS) is 24.9. The van der Waals surface area contributed by atoms with Crippen LogP contribution in [0.25, 0.3) is 38.3 Å². The molecule has 8 atom stereocenters. The standard InChI is InChI=1S/C50H55N3O13/c1-27-16-39(57)35-17-31-18-41(66-63-26-49(62,46(60)43(59)40(58)25-54)20-28-7-10-38(56)33-9-8-32(55)19-34(28)33)50(65-44(31)42(45(35)64-27)53-23-30-11-15-51-37(30)24-53)14-5-6-29(21-50)36-22-52-47(61)48(36)12-3-2-4-13-48/h5-11,15-17,19,23-24,29,36,40-41,43,46,51,54-56,58-60,62H,2-4,12-14,18,20-22,25-26H2,1H3,(H,52,61). The minimum absolute atomic E-state index is 0.0356. The molecule has 16 heteroatoms. The van der Waals surface area contributed by atoms with Gasteiger partial charge in [-0.15, -0.1) is 0 Å². The Hall–Kier alpha value is -5.72. The number of phenols is 2. The molecule has 6 aromatic rings. The molecule has 0 radical (unpaired) electrons. The number of aromatic nitrogens is 2. The van der Waals surface area contributed by atoms with Gasteiger partial charge in [-0.3, -0.25) is 9.59 Å². The van der Waals surface area contributed by atoms with Crippen LogP contribution in [-0.4, -0.2) is 107 Å². The van der Waals surface area contributed by atoms with Crippen molar-refractivity contribution in [3.8, 4) is 22.9 Å². The molecule has 8 unspecified atom stereocenters. The van der Waals surface area contributed by atoms with E-state index in [0.717, 1.165) is 43.0 Å². The smallest absolute Gasteiger partial charge is 0.226 e. The van der Waals surface area contributed by atoms with Gasteiger partial charge in [-0.05, 0) is 85.4 Å². The molecular weight excluding hydrogens is 851 g/mol. The number of hydrogen-bond acceptors (Lipinski definition) is 13. The number of allylic oxidation sites excluding steroid dienone is 1. The van der Waals surface area contributed by atoms with Crippen molar-refractivity contribution in [2.24, 2.45) is 17.3 Å². The van der Waals surface area contributed by atoms with Gasteiger partial charge in [-0.2, -0.15) is 0 Å². The van der Waals surface area contributed by atoms with Crippen LogP contribution in [-0.2, 0) is 27.4 Å². The fraction of sp³-hybridized carbons (Fsp3) is 0.440. The lowest BCUT2D eigenvalue weighted by Gasteiger charge is -2.49. The second-order valence-electron chi connectivity index (χ2n) is 19.0. The van der Waals surface area contributed by atoms with Crippen LogP contribution in [0.1, 0.15) is 61.8 Å². The first kappa shape index (κ1) is 44.1. The Morgan fingerprint density at radius 2 is 1.80 bits per heavy atom. The van der Waals surface area contributed by atoms with E-state index in [-0.39, 0.29) is 41.1 Å². The van der Waals surface area contributed by atoms with Crippen LogP contribution < -0.4 is 15.5 Å². The largest absolute Gasteiger partial charge is 0.508 e. The van der Waals surface area contributed by atoms with Crippen LogP contribution in [0.3, 0.4) is 0 Å². The third-order valence-electron chi connectivity index (χ3n) is 14.9. The molecule has 3 aromatic heterocycles. The highest BCUT2D eigenvalue weighted by Crippen LogP contribution is 2.54. The summed E-state index contributed by atoms with van der Waals surface area (Å²) in [6.45, 7) is 0.524. The van der Waals surface area contributed by atoms with Crippen LogP contribution in [0.15, 0.2) is 88.5 Å². The fourth-order valence-electron chi connectivity index (χ4n) is 11.4. The molecule has 348 valence electrons. The second kappa shape index (κ2) is 16.9. The summed E-state index contributed by atoms with van der Waals surface area (Å²) < 4.78 is 15.6. The van der Waals surface area contributed by atoms with Gasteiger partial charge in [-0.25, -0.2) is 9.78 Å². The number of benzene rings is 3. The van der Waals surface area contributed by atoms with Crippen molar-refractivity contribution in [3.05, 3.63) is 106 Å². The molecule has 2 fully saturated rings. The minimum atomic E-state index is -2.42. The van der Waals surface area contributed by atoms with Crippen LogP contribution in [0.4, 0.5) is 0 Å². The molecule has 0 bridgehead atoms. The molecule has 1 amide bonds. The molecule has 16 nitrogen and oxygen atoms in total. The van der Waals surface area contributed by atoms with E-state index >= 15 is 0 Å². The van der Waals surface area contributed by atoms with Crippen molar-refractivity contribution in [1.29, 1.82) is 0 Å². The van der Waals surface area contributed by atoms with E-state index < -0.39 is 60.7 Å². The number of nitrogens with zero attached hydrogens (tertiary/aromatic N) is 1. The average Bonchev–Trinajstić information content (AvgIpc) is 4.01. The summed E-state index contributed by atoms with van der Waals surface area (Å²) in [5, 5.41) is 81.3. The lowest BCUT2D eigenvalue weighted by Crippen LogP contribution is -2.58. The van der Waals surface area contributed by atoms with E-state index in [2.05, 4.69) is 22.5 Å². The number of carbonyl (C=O) groups is 1. The summed E-state index contributed by atoms with van der Waals surface area (Å²) in [7, 11) is 0. The number of phenolic OH excluding ortho intramolecular Hbond substituents is 2. The molecule has 2 aliphatic carbocycles. The maximum absolute atomic E-state index is 13.7. The molecule has 10 rings (SSSR count). The predicted molar refractivity (Wildman–Crippen MR) is 241 cm³/mol. The Kier molecular flexibility index (Phi) is 11.3. The number of aliphatic hydroxyl groups excluding tert-OH is 4. The van der Waals surface area contributed by atoms with Gasteiger partial charge in [0.1, 0.15) is 65.2 Å². The summed E-state index contributed by atoms with van der Waals surface area (Å²) in [5.41, 5.74) is -1.67. The Labute approximate surface area is 378 Å². The van der Waals surface area contributed by atoms with E-state index in [1.807, 2.05) is 29.2 Å². The number of aryl methyl sites for hydroxylation is 1. The number of nitrogens with one attached hydrogen (secondary N) is 2. The summed E-state index contributed by atoms with van der Waals surface area (Å²) in [4.78, 5) is 43.1. The van der Waals surface area contributed by atoms with Crippen molar-refractivity contribution in [1.82, 2.24) is 14.9 Å². The third kappa shape index (κ3) is 7.44. The number of H-pyrrole nitrogens is 1. The highest BCUT2D eigenvalue weighted by Gasteiger charge is 2.57. The highest BCUT2D eigenvalue weighted by atomic mass is 17.2. The maximum Gasteiger partial charge on any atom is 0.226 e. The molecule has 66 heavy (non-hydrogen) atoms. The third-order valence-corrected chi connectivity index (χ3v) is 14.9. The van der Waals surface area contributed by atoms with Gasteiger partial charge in [0.15, 0.2) is 16.8 Å². The summed E-state index contributed by atoms with van der Waals surface area (Å²) in [6.07, 6.45) is 8.01. The van der Waals surface area contributed by atoms with Gasteiger partial charge in [-0.1, -0.05) is 37.5 Å². The predicted octanol–water partition coefficient (Wildman–Crippen LogP) is 4.64. The molecule has 2 spiro atoms. The first-order valence-electron chi connectivity index (χ1n) is 22.7. The van der Waals surface area contributed by atoms with E-state index in [4.69, 9.17) is 18.9 Å². The Balaban J connectivity index is 1.05. The first-order chi connectivity index (χ1) is 31.7. The molecule has 3 aromatic carbocycles. The van der Waals surface area contributed by atoms with Gasteiger partial charge in [0, 0.05) is 66.8 Å². The molecular formula is C50H55N3O13. The van der Waals surface area contributed by atoms with E-state index in [0.29, 0.717) is 69.5 Å². The number of ether oxygens (including phenoxy) is 1. The summed E-state index contributed by atoms with van der Waals surface area (Å²) in [5.74, 6) is 0.592. The van der Waals surface area contributed by atoms with E-state index in [1.165, 1.54) is 36.4 Å². The zero-order valence-electron chi connectivity index (χ0n) is 36.5. The lowest BCUT2D eigenvalue weighted by atomic mass is 9.60. The minimum Gasteiger partial charge on any atom is -0.508 e. The van der Waals surface area contributed by atoms with Gasteiger partial charge < -0.3 is 59.8 Å². The number of aliphatic hydroxyl groups is 5. The van der Waals surface area contributed by atoms with Crippen LogP contribution in [0.5, 0.6) is 17.2 Å². The molecule has 5 heterocycles. The zero-order chi connectivity index (χ0) is 46.1. The van der Waals surface area contributed by atoms with Crippen molar-refractivity contribution in [3.63, 3.8) is 0 Å². The molecule has 1 saturated heterocycles. The van der Waals surface area contributed by atoms with Crippen LogP contribution in [0.2, 0.25) is 0 Å². The van der Waals surface area contributed by atoms with Gasteiger partial charge >= 0.3 is 0 Å². The average molecular weight is 906 g/mol.